The summed E-state index contributed by atoms with van der Waals surface area (Å²) in [6.45, 7) is 0.764. The average Bonchev–Trinajstić information content (AvgIpc) is 2.18. The van der Waals surface area contributed by atoms with Crippen LogP contribution in [0.15, 0.2) is 22.7 Å². The van der Waals surface area contributed by atoms with Gasteiger partial charge in [0.15, 0.2) is 0 Å². The van der Waals surface area contributed by atoms with Gasteiger partial charge >= 0.3 is 0 Å². The van der Waals surface area contributed by atoms with E-state index >= 15 is 0 Å². The summed E-state index contributed by atoms with van der Waals surface area (Å²) < 4.78 is 6.76. The van der Waals surface area contributed by atoms with Crippen LogP contribution in [0.1, 0.15) is 5.56 Å². The number of rotatable bonds is 1. The van der Waals surface area contributed by atoms with Crippen LogP contribution >= 0.6 is 15.9 Å². The largest absolute Gasteiger partial charge is 0.492 e. The van der Waals surface area contributed by atoms with Crippen molar-refractivity contribution in [3.8, 4) is 5.75 Å². The zero-order valence-electron chi connectivity index (χ0n) is 7.51. The SMILES string of the molecule is CNC1COc2cccc(Br)c2C1. The highest BCUT2D eigenvalue weighted by Gasteiger charge is 2.19. The first-order valence-electron chi connectivity index (χ1n) is 4.38. The van der Waals surface area contributed by atoms with E-state index in [4.69, 9.17) is 4.74 Å². The lowest BCUT2D eigenvalue weighted by Gasteiger charge is -2.25. The van der Waals surface area contributed by atoms with Crippen LogP contribution in [0.25, 0.3) is 0 Å². The summed E-state index contributed by atoms with van der Waals surface area (Å²) in [7, 11) is 1.97. The number of halogens is 1. The number of hydrogen-bond acceptors (Lipinski definition) is 2. The number of hydrogen-bond donors (Lipinski definition) is 1. The van der Waals surface area contributed by atoms with Crippen molar-refractivity contribution in [1.29, 1.82) is 0 Å². The molecule has 13 heavy (non-hydrogen) atoms. The first-order chi connectivity index (χ1) is 6.31. The number of nitrogens with one attached hydrogen (secondary N) is 1. The first kappa shape index (κ1) is 9.03. The van der Waals surface area contributed by atoms with Crippen LogP contribution < -0.4 is 10.1 Å². The molecule has 1 atom stereocenters. The van der Waals surface area contributed by atoms with Crippen molar-refractivity contribution < 1.29 is 4.74 Å². The molecule has 1 aromatic rings. The van der Waals surface area contributed by atoms with Gasteiger partial charge in [-0.2, -0.15) is 0 Å². The Bertz CT molecular complexity index is 314. The summed E-state index contributed by atoms with van der Waals surface area (Å²) in [5, 5.41) is 3.23. The van der Waals surface area contributed by atoms with E-state index in [-0.39, 0.29) is 0 Å². The molecule has 3 heteroatoms. The van der Waals surface area contributed by atoms with Crippen LogP contribution in [0.3, 0.4) is 0 Å². The number of benzene rings is 1. The van der Waals surface area contributed by atoms with Crippen molar-refractivity contribution in [2.24, 2.45) is 0 Å². The second kappa shape index (κ2) is 3.68. The van der Waals surface area contributed by atoms with E-state index in [0.29, 0.717) is 6.04 Å². The lowest BCUT2D eigenvalue weighted by atomic mass is 10.0. The van der Waals surface area contributed by atoms with Gasteiger partial charge in [-0.25, -0.2) is 0 Å². The molecule has 1 aliphatic rings. The van der Waals surface area contributed by atoms with Gasteiger partial charge in [0.05, 0.1) is 0 Å². The van der Waals surface area contributed by atoms with Crippen LogP contribution in [0, 0.1) is 0 Å². The van der Waals surface area contributed by atoms with E-state index in [1.165, 1.54) is 5.56 Å². The molecule has 0 aromatic heterocycles. The third-order valence-electron chi connectivity index (χ3n) is 2.37. The normalized spacial score (nSPS) is 20.6. The fraction of sp³-hybridized carbons (Fsp3) is 0.400. The Balaban J connectivity index is 2.32. The number of ether oxygens (including phenoxy) is 1. The van der Waals surface area contributed by atoms with Gasteiger partial charge in [0.2, 0.25) is 0 Å². The lowest BCUT2D eigenvalue weighted by Crippen LogP contribution is -2.36. The molecule has 0 fully saturated rings. The highest BCUT2D eigenvalue weighted by Crippen LogP contribution is 2.30. The third-order valence-corrected chi connectivity index (χ3v) is 3.12. The summed E-state index contributed by atoms with van der Waals surface area (Å²) >= 11 is 3.53. The molecule has 0 saturated heterocycles. The van der Waals surface area contributed by atoms with Gasteiger partial charge in [0, 0.05) is 16.1 Å². The molecule has 1 aliphatic heterocycles. The molecule has 0 spiro atoms. The van der Waals surface area contributed by atoms with Gasteiger partial charge in [-0.3, -0.25) is 0 Å². The molecule has 2 rings (SSSR count). The second-order valence-electron chi connectivity index (χ2n) is 3.22. The van der Waals surface area contributed by atoms with Gasteiger partial charge in [-0.15, -0.1) is 0 Å². The quantitative estimate of drug-likeness (QED) is 0.812. The molecule has 0 aliphatic carbocycles. The van der Waals surface area contributed by atoms with Gasteiger partial charge in [0.1, 0.15) is 12.4 Å². The molecule has 0 bridgehead atoms. The van der Waals surface area contributed by atoms with Gasteiger partial charge in [-0.05, 0) is 25.6 Å². The van der Waals surface area contributed by atoms with Crippen molar-refractivity contribution in [2.75, 3.05) is 13.7 Å². The fourth-order valence-corrected chi connectivity index (χ4v) is 2.06. The zero-order chi connectivity index (χ0) is 9.26. The molecule has 2 nitrogen and oxygen atoms in total. The van der Waals surface area contributed by atoms with Crippen LogP contribution in [-0.2, 0) is 6.42 Å². The predicted octanol–water partition coefficient (Wildman–Crippen LogP) is 1.97. The minimum Gasteiger partial charge on any atom is -0.492 e. The summed E-state index contributed by atoms with van der Waals surface area (Å²) in [4.78, 5) is 0. The van der Waals surface area contributed by atoms with Crippen LogP contribution in [0.4, 0.5) is 0 Å². The first-order valence-corrected chi connectivity index (χ1v) is 5.18. The van der Waals surface area contributed by atoms with Crippen LogP contribution in [0.2, 0.25) is 0 Å². The molecular weight excluding hydrogens is 230 g/mol. The Morgan fingerprint density at radius 2 is 2.38 bits per heavy atom. The van der Waals surface area contributed by atoms with Gasteiger partial charge < -0.3 is 10.1 Å². The molecule has 0 saturated carbocycles. The van der Waals surface area contributed by atoms with Gasteiger partial charge in [0.25, 0.3) is 0 Å². The van der Waals surface area contributed by atoms with Crippen molar-refractivity contribution in [3.05, 3.63) is 28.2 Å². The van der Waals surface area contributed by atoms with E-state index in [2.05, 4.69) is 27.3 Å². The maximum Gasteiger partial charge on any atom is 0.123 e. The Kier molecular flexibility index (Phi) is 2.56. The molecule has 0 amide bonds. The van der Waals surface area contributed by atoms with Crippen molar-refractivity contribution in [2.45, 2.75) is 12.5 Å². The minimum atomic E-state index is 0.436. The fourth-order valence-electron chi connectivity index (χ4n) is 1.55. The monoisotopic (exact) mass is 241 g/mol. The maximum absolute atomic E-state index is 5.62. The van der Waals surface area contributed by atoms with E-state index in [1.54, 1.807) is 0 Å². The second-order valence-corrected chi connectivity index (χ2v) is 4.07. The lowest BCUT2D eigenvalue weighted by molar-refractivity contribution is 0.245. The van der Waals surface area contributed by atoms with Crippen molar-refractivity contribution in [3.63, 3.8) is 0 Å². The zero-order valence-corrected chi connectivity index (χ0v) is 9.10. The standard InChI is InChI=1S/C10H12BrNO/c1-12-7-5-8-9(11)3-2-4-10(8)13-6-7/h2-4,7,12H,5-6H2,1H3. The number of likely N-dealkylation sites (N-methyl/N-ethyl adjacent to an activating group) is 1. The average molecular weight is 242 g/mol. The molecule has 1 unspecified atom stereocenters. The summed E-state index contributed by atoms with van der Waals surface area (Å²) in [5.74, 6) is 1.01. The summed E-state index contributed by atoms with van der Waals surface area (Å²) in [5.41, 5.74) is 1.27. The maximum atomic E-state index is 5.62. The Morgan fingerprint density at radius 1 is 1.54 bits per heavy atom. The Labute approximate surface area is 86.4 Å². The third kappa shape index (κ3) is 1.71. The smallest absolute Gasteiger partial charge is 0.123 e. The predicted molar refractivity (Wildman–Crippen MR) is 56.2 cm³/mol. The molecule has 1 heterocycles. The van der Waals surface area contributed by atoms with Crippen LogP contribution in [-0.4, -0.2) is 19.7 Å². The van der Waals surface area contributed by atoms with E-state index < -0.39 is 0 Å². The van der Waals surface area contributed by atoms with Crippen LogP contribution in [0.5, 0.6) is 5.75 Å². The molecule has 1 aromatic carbocycles. The van der Waals surface area contributed by atoms with Crippen molar-refractivity contribution in [1.82, 2.24) is 5.32 Å². The molecular formula is C10H12BrNO. The Hall–Kier alpha value is -0.540. The number of fused-ring (bicyclic) bond motifs is 1. The molecule has 0 radical (unpaired) electrons. The minimum absolute atomic E-state index is 0.436. The molecule has 70 valence electrons. The highest BCUT2D eigenvalue weighted by atomic mass is 79.9. The van der Waals surface area contributed by atoms with E-state index in [9.17, 15) is 0 Å². The van der Waals surface area contributed by atoms with Crippen molar-refractivity contribution >= 4 is 15.9 Å². The highest BCUT2D eigenvalue weighted by molar-refractivity contribution is 9.10. The summed E-state index contributed by atoms with van der Waals surface area (Å²) in [6, 6.07) is 6.51. The topological polar surface area (TPSA) is 21.3 Å². The van der Waals surface area contributed by atoms with Gasteiger partial charge in [-0.1, -0.05) is 22.0 Å². The molecule has 1 N–H and O–H groups in total. The Morgan fingerprint density at radius 3 is 3.15 bits per heavy atom. The van der Waals surface area contributed by atoms with E-state index in [1.807, 2.05) is 19.2 Å². The van der Waals surface area contributed by atoms with E-state index in [0.717, 1.165) is 23.2 Å². The summed E-state index contributed by atoms with van der Waals surface area (Å²) in [6.07, 6.45) is 1.03.